The predicted octanol–water partition coefficient (Wildman–Crippen LogP) is 4.67. The van der Waals surface area contributed by atoms with Crippen LogP contribution in [0.2, 0.25) is 0 Å². The highest BCUT2D eigenvalue weighted by atomic mass is 19.1. The summed E-state index contributed by atoms with van der Waals surface area (Å²) in [5, 5.41) is 12.6. The van der Waals surface area contributed by atoms with Crippen LogP contribution in [0.15, 0.2) is 67.1 Å². The Morgan fingerprint density at radius 2 is 1.93 bits per heavy atom. The van der Waals surface area contributed by atoms with Crippen LogP contribution in [-0.4, -0.2) is 24.5 Å². The number of hydrogen-bond acceptors (Lipinski definition) is 5. The number of hydrogen-bond donors (Lipinski definition) is 2. The van der Waals surface area contributed by atoms with Crippen molar-refractivity contribution in [3.8, 4) is 22.6 Å². The van der Waals surface area contributed by atoms with Gasteiger partial charge in [0.05, 0.1) is 23.7 Å². The van der Waals surface area contributed by atoms with Gasteiger partial charge in [-0.2, -0.15) is 0 Å². The number of rotatable bonds is 6. The van der Waals surface area contributed by atoms with E-state index < -0.39 is 0 Å². The molecule has 2 N–H and O–H groups in total. The molecule has 3 heterocycles. The molecule has 4 rings (SSSR count). The van der Waals surface area contributed by atoms with E-state index in [2.05, 4.69) is 21.9 Å². The lowest BCUT2D eigenvalue weighted by molar-refractivity contribution is 0.282. The Labute approximate surface area is 173 Å². The van der Waals surface area contributed by atoms with E-state index in [1.165, 1.54) is 12.1 Å². The van der Waals surface area contributed by atoms with Gasteiger partial charge in [0.1, 0.15) is 11.5 Å². The van der Waals surface area contributed by atoms with Gasteiger partial charge >= 0.3 is 0 Å². The molecule has 0 aliphatic rings. The van der Waals surface area contributed by atoms with Crippen LogP contribution < -0.4 is 5.32 Å². The van der Waals surface area contributed by atoms with Crippen LogP contribution >= 0.6 is 0 Å². The summed E-state index contributed by atoms with van der Waals surface area (Å²) in [6.45, 7) is 8.01. The third kappa shape index (κ3) is 3.79. The molecule has 0 aliphatic carbocycles. The number of nitrogens with one attached hydrogen (secondary N) is 1. The van der Waals surface area contributed by atoms with Crippen molar-refractivity contribution < 1.29 is 9.50 Å². The van der Waals surface area contributed by atoms with Gasteiger partial charge in [-0.15, -0.1) is 0 Å². The van der Waals surface area contributed by atoms with Gasteiger partial charge in [-0.1, -0.05) is 20.4 Å². The number of halogens is 1. The zero-order valence-corrected chi connectivity index (χ0v) is 16.8. The molecule has 0 unspecified atom stereocenters. The second-order valence-corrected chi connectivity index (χ2v) is 7.31. The summed E-state index contributed by atoms with van der Waals surface area (Å²) < 4.78 is 15.4. The summed E-state index contributed by atoms with van der Waals surface area (Å²) >= 11 is 0. The topological polar surface area (TPSA) is 75.3 Å². The van der Waals surface area contributed by atoms with E-state index >= 15 is 0 Å². The van der Waals surface area contributed by atoms with Gasteiger partial charge in [0.2, 0.25) is 5.95 Å². The van der Waals surface area contributed by atoms with Gasteiger partial charge in [0.25, 0.3) is 0 Å². The van der Waals surface area contributed by atoms with Crippen LogP contribution in [0.5, 0.6) is 0 Å². The SMILES string of the molecule is C=C(Nc1nccc(-c2c(-c3ccc(F)cc3)nc3cc(CO)ccn23)n1)C(C)C. The lowest BCUT2D eigenvalue weighted by Crippen LogP contribution is -2.08. The largest absolute Gasteiger partial charge is 0.392 e. The Morgan fingerprint density at radius 3 is 2.63 bits per heavy atom. The second-order valence-electron chi connectivity index (χ2n) is 7.31. The molecular weight excluding hydrogens is 381 g/mol. The van der Waals surface area contributed by atoms with Gasteiger partial charge in [-0.05, 0) is 53.9 Å². The van der Waals surface area contributed by atoms with E-state index in [9.17, 15) is 9.50 Å². The molecule has 0 aliphatic heterocycles. The van der Waals surface area contributed by atoms with Gasteiger partial charge in [-0.3, -0.25) is 4.40 Å². The number of anilines is 1. The lowest BCUT2D eigenvalue weighted by Gasteiger charge is -2.12. The van der Waals surface area contributed by atoms with E-state index in [4.69, 9.17) is 4.98 Å². The summed E-state index contributed by atoms with van der Waals surface area (Å²) in [5.41, 5.74) is 5.07. The van der Waals surface area contributed by atoms with E-state index in [0.717, 1.165) is 22.5 Å². The van der Waals surface area contributed by atoms with Crippen molar-refractivity contribution in [3.63, 3.8) is 0 Å². The summed E-state index contributed by atoms with van der Waals surface area (Å²) in [6, 6.07) is 11.6. The van der Waals surface area contributed by atoms with Gasteiger partial charge in [0, 0.05) is 23.7 Å². The molecule has 152 valence electrons. The summed E-state index contributed by atoms with van der Waals surface area (Å²) in [6.07, 6.45) is 3.52. The van der Waals surface area contributed by atoms with Gasteiger partial charge in [-0.25, -0.2) is 19.3 Å². The third-order valence-electron chi connectivity index (χ3n) is 4.86. The summed E-state index contributed by atoms with van der Waals surface area (Å²) in [5.74, 6) is 0.366. The van der Waals surface area contributed by atoms with Crippen LogP contribution in [0.1, 0.15) is 19.4 Å². The number of aromatic nitrogens is 4. The highest BCUT2D eigenvalue weighted by Crippen LogP contribution is 2.32. The Bertz CT molecular complexity index is 1210. The molecule has 6 nitrogen and oxygen atoms in total. The van der Waals surface area contributed by atoms with Crippen molar-refractivity contribution in [1.29, 1.82) is 0 Å². The highest BCUT2D eigenvalue weighted by Gasteiger charge is 2.18. The van der Waals surface area contributed by atoms with Crippen LogP contribution in [0.4, 0.5) is 10.3 Å². The first kappa shape index (κ1) is 19.7. The maximum absolute atomic E-state index is 13.5. The van der Waals surface area contributed by atoms with E-state index in [-0.39, 0.29) is 18.3 Å². The Morgan fingerprint density at radius 1 is 1.17 bits per heavy atom. The number of allylic oxidation sites excluding steroid dienone is 1. The molecule has 7 heteroatoms. The van der Waals surface area contributed by atoms with Crippen molar-refractivity contribution >= 4 is 11.6 Å². The number of pyridine rings is 1. The lowest BCUT2D eigenvalue weighted by atomic mass is 10.1. The molecule has 0 spiro atoms. The van der Waals surface area contributed by atoms with Crippen LogP contribution in [0.3, 0.4) is 0 Å². The smallest absolute Gasteiger partial charge is 0.227 e. The molecule has 0 bridgehead atoms. The van der Waals surface area contributed by atoms with Gasteiger partial charge in [0.15, 0.2) is 0 Å². The van der Waals surface area contributed by atoms with E-state index in [0.29, 0.717) is 23.0 Å². The van der Waals surface area contributed by atoms with Crippen molar-refractivity contribution in [1.82, 2.24) is 19.4 Å². The van der Waals surface area contributed by atoms with E-state index in [1.807, 2.05) is 36.6 Å². The van der Waals surface area contributed by atoms with Gasteiger partial charge < -0.3 is 10.4 Å². The first-order valence-corrected chi connectivity index (χ1v) is 9.63. The molecule has 0 saturated carbocycles. The zero-order chi connectivity index (χ0) is 21.3. The van der Waals surface area contributed by atoms with Crippen LogP contribution in [-0.2, 0) is 6.61 Å². The molecule has 4 aromatic rings. The summed E-state index contributed by atoms with van der Waals surface area (Å²) in [7, 11) is 0. The average molecular weight is 403 g/mol. The Balaban J connectivity index is 1.89. The zero-order valence-electron chi connectivity index (χ0n) is 16.8. The number of fused-ring (bicyclic) bond motifs is 1. The molecule has 0 radical (unpaired) electrons. The molecule has 0 saturated heterocycles. The molecule has 1 aromatic carbocycles. The maximum atomic E-state index is 13.5. The fourth-order valence-electron chi connectivity index (χ4n) is 3.08. The first-order chi connectivity index (χ1) is 14.5. The predicted molar refractivity (Wildman–Crippen MR) is 115 cm³/mol. The summed E-state index contributed by atoms with van der Waals surface area (Å²) in [4.78, 5) is 13.7. The second kappa shape index (κ2) is 8.04. The van der Waals surface area contributed by atoms with Crippen molar-refractivity contribution in [3.05, 3.63) is 78.5 Å². The molecule has 30 heavy (non-hydrogen) atoms. The molecule has 0 atom stereocenters. The fourth-order valence-corrected chi connectivity index (χ4v) is 3.08. The average Bonchev–Trinajstić information content (AvgIpc) is 3.12. The maximum Gasteiger partial charge on any atom is 0.227 e. The Hall–Kier alpha value is -3.58. The van der Waals surface area contributed by atoms with E-state index in [1.54, 1.807) is 24.4 Å². The normalized spacial score (nSPS) is 11.2. The van der Waals surface area contributed by atoms with Crippen molar-refractivity contribution in [2.75, 3.05) is 5.32 Å². The molecule has 0 amide bonds. The minimum Gasteiger partial charge on any atom is -0.392 e. The molecule has 3 aromatic heterocycles. The molecule has 0 fully saturated rings. The first-order valence-electron chi connectivity index (χ1n) is 9.63. The highest BCUT2D eigenvalue weighted by molar-refractivity contribution is 5.80. The third-order valence-corrected chi connectivity index (χ3v) is 4.86. The number of nitrogens with zero attached hydrogens (tertiary/aromatic N) is 4. The minimum atomic E-state index is -0.313. The Kier molecular flexibility index (Phi) is 5.29. The number of aliphatic hydroxyl groups is 1. The van der Waals surface area contributed by atoms with Crippen molar-refractivity contribution in [2.45, 2.75) is 20.5 Å². The number of imidazole rings is 1. The van der Waals surface area contributed by atoms with Crippen LogP contribution in [0, 0.1) is 11.7 Å². The van der Waals surface area contributed by atoms with Crippen LogP contribution in [0.25, 0.3) is 28.3 Å². The molecular formula is C23H22FN5O. The number of aliphatic hydroxyl groups excluding tert-OH is 1. The fraction of sp³-hybridized carbons (Fsp3) is 0.174. The van der Waals surface area contributed by atoms with Crippen molar-refractivity contribution in [2.24, 2.45) is 5.92 Å². The number of benzene rings is 1. The monoisotopic (exact) mass is 403 g/mol. The minimum absolute atomic E-state index is 0.0799. The quantitative estimate of drug-likeness (QED) is 0.489. The standard InChI is InChI=1S/C23H22FN5O/c1-14(2)15(3)26-23-25-10-8-19(27-23)22-21(17-4-6-18(24)7-5-17)28-20-12-16(13-30)9-11-29(20)22/h4-12,14,30H,3,13H2,1-2H3,(H,25,26,27).